The van der Waals surface area contributed by atoms with Gasteiger partial charge in [0.15, 0.2) is 0 Å². The summed E-state index contributed by atoms with van der Waals surface area (Å²) in [5.74, 6) is 0. The minimum Gasteiger partial charge on any atom is -0.377 e. The zero-order valence-corrected chi connectivity index (χ0v) is 10.6. The molecule has 0 bridgehead atoms. The molecule has 1 aliphatic heterocycles. The molecule has 2 aliphatic rings. The second kappa shape index (κ2) is 4.47. The number of hydrogen-bond acceptors (Lipinski definition) is 3. The van der Waals surface area contributed by atoms with Gasteiger partial charge in [-0.15, -0.1) is 11.3 Å². The first-order valence-electron chi connectivity index (χ1n) is 6.28. The van der Waals surface area contributed by atoms with Crippen molar-refractivity contribution in [2.24, 2.45) is 0 Å². The Labute approximate surface area is 101 Å². The van der Waals surface area contributed by atoms with E-state index in [4.69, 9.17) is 4.74 Å². The summed E-state index contributed by atoms with van der Waals surface area (Å²) in [4.78, 5) is 3.14. The molecule has 0 saturated carbocycles. The Morgan fingerprint density at radius 1 is 1.50 bits per heavy atom. The smallest absolute Gasteiger partial charge is 0.0700 e. The van der Waals surface area contributed by atoms with Gasteiger partial charge in [0.25, 0.3) is 0 Å². The fourth-order valence-corrected chi connectivity index (χ4v) is 3.92. The first-order chi connectivity index (χ1) is 7.83. The molecular formula is C13H19NOS. The lowest BCUT2D eigenvalue weighted by Gasteiger charge is -2.15. The summed E-state index contributed by atoms with van der Waals surface area (Å²) < 4.78 is 5.56. The average molecular weight is 237 g/mol. The van der Waals surface area contributed by atoms with Gasteiger partial charge in [-0.2, -0.15) is 0 Å². The lowest BCUT2D eigenvalue weighted by molar-refractivity contribution is 0.113. The van der Waals surface area contributed by atoms with Gasteiger partial charge in [-0.25, -0.2) is 0 Å². The highest BCUT2D eigenvalue weighted by molar-refractivity contribution is 7.12. The summed E-state index contributed by atoms with van der Waals surface area (Å²) in [6, 6.07) is 2.96. The predicted molar refractivity (Wildman–Crippen MR) is 67.0 cm³/mol. The van der Waals surface area contributed by atoms with Crippen molar-refractivity contribution in [3.63, 3.8) is 0 Å². The van der Waals surface area contributed by atoms with Crippen molar-refractivity contribution < 1.29 is 4.74 Å². The first kappa shape index (κ1) is 10.8. The van der Waals surface area contributed by atoms with Crippen molar-refractivity contribution in [2.75, 3.05) is 6.61 Å². The van der Waals surface area contributed by atoms with Crippen LogP contribution in [-0.2, 0) is 24.1 Å². The van der Waals surface area contributed by atoms with E-state index >= 15 is 0 Å². The Kier molecular flexibility index (Phi) is 3.01. The van der Waals surface area contributed by atoms with E-state index in [0.717, 1.165) is 19.6 Å². The molecule has 0 aromatic carbocycles. The monoisotopic (exact) mass is 237 g/mol. The minimum atomic E-state index is 0.381. The lowest BCUT2D eigenvalue weighted by Crippen LogP contribution is -2.33. The average Bonchev–Trinajstić information content (AvgIpc) is 2.89. The van der Waals surface area contributed by atoms with E-state index < -0.39 is 0 Å². The van der Waals surface area contributed by atoms with Crippen LogP contribution in [0.25, 0.3) is 0 Å². The van der Waals surface area contributed by atoms with Gasteiger partial charge in [0.2, 0.25) is 0 Å². The van der Waals surface area contributed by atoms with Crippen LogP contribution in [0.5, 0.6) is 0 Å². The summed E-state index contributed by atoms with van der Waals surface area (Å²) in [7, 11) is 0. The summed E-state index contributed by atoms with van der Waals surface area (Å²) in [6.45, 7) is 4.11. The molecule has 1 aromatic heterocycles. The molecule has 2 nitrogen and oxygen atoms in total. The van der Waals surface area contributed by atoms with Gasteiger partial charge in [0.1, 0.15) is 0 Å². The summed E-state index contributed by atoms with van der Waals surface area (Å²) in [5, 5.41) is 3.62. The SMILES string of the molecule is CC1OCCC1NCc1cc2c(s1)CCC2. The standard InChI is InChI=1S/C13H19NOS/c1-9-12(5-6-15-9)14-8-11-7-10-3-2-4-13(10)16-11/h7,9,12,14H,2-6,8H2,1H3. The number of thiophene rings is 1. The lowest BCUT2D eigenvalue weighted by atomic mass is 10.1. The maximum Gasteiger partial charge on any atom is 0.0700 e. The second-order valence-corrected chi connectivity index (χ2v) is 6.09. The van der Waals surface area contributed by atoms with Gasteiger partial charge in [-0.3, -0.25) is 0 Å². The molecular weight excluding hydrogens is 218 g/mol. The third-order valence-corrected chi connectivity index (χ3v) is 4.95. The quantitative estimate of drug-likeness (QED) is 0.872. The van der Waals surface area contributed by atoms with Gasteiger partial charge in [0, 0.05) is 28.9 Å². The van der Waals surface area contributed by atoms with E-state index in [-0.39, 0.29) is 0 Å². The van der Waals surface area contributed by atoms with Crippen LogP contribution in [0.15, 0.2) is 6.07 Å². The molecule has 1 saturated heterocycles. The number of nitrogens with one attached hydrogen (secondary N) is 1. The molecule has 2 unspecified atom stereocenters. The molecule has 1 aromatic rings. The molecule has 1 N–H and O–H groups in total. The van der Waals surface area contributed by atoms with Crippen molar-refractivity contribution in [3.05, 3.63) is 21.4 Å². The Morgan fingerprint density at radius 2 is 2.44 bits per heavy atom. The Bertz CT molecular complexity index is 353. The molecule has 3 heteroatoms. The molecule has 1 fully saturated rings. The second-order valence-electron chi connectivity index (χ2n) is 4.87. The van der Waals surface area contributed by atoms with Crippen LogP contribution in [-0.4, -0.2) is 18.8 Å². The molecule has 0 radical (unpaired) electrons. The Morgan fingerprint density at radius 3 is 3.19 bits per heavy atom. The van der Waals surface area contributed by atoms with Gasteiger partial charge in [-0.05, 0) is 44.2 Å². The van der Waals surface area contributed by atoms with Crippen LogP contribution in [0.2, 0.25) is 0 Å². The van der Waals surface area contributed by atoms with Gasteiger partial charge in [0.05, 0.1) is 6.10 Å². The number of ether oxygens (including phenoxy) is 1. The predicted octanol–water partition coefficient (Wildman–Crippen LogP) is 2.50. The van der Waals surface area contributed by atoms with E-state index in [9.17, 15) is 0 Å². The third-order valence-electron chi connectivity index (χ3n) is 3.71. The molecule has 1 aliphatic carbocycles. The Hall–Kier alpha value is -0.380. The molecule has 16 heavy (non-hydrogen) atoms. The van der Waals surface area contributed by atoms with Crippen molar-refractivity contribution in [2.45, 2.75) is 51.3 Å². The third kappa shape index (κ3) is 2.04. The van der Waals surface area contributed by atoms with Gasteiger partial charge in [-0.1, -0.05) is 0 Å². The number of rotatable bonds is 3. The summed E-state index contributed by atoms with van der Waals surface area (Å²) >= 11 is 2.00. The maximum absolute atomic E-state index is 5.56. The zero-order valence-electron chi connectivity index (χ0n) is 9.79. The fraction of sp³-hybridized carbons (Fsp3) is 0.692. The van der Waals surface area contributed by atoms with Gasteiger partial charge >= 0.3 is 0 Å². The van der Waals surface area contributed by atoms with Gasteiger partial charge < -0.3 is 10.1 Å². The first-order valence-corrected chi connectivity index (χ1v) is 7.10. The van der Waals surface area contributed by atoms with Crippen molar-refractivity contribution >= 4 is 11.3 Å². The van der Waals surface area contributed by atoms with Crippen LogP contribution in [0, 0.1) is 0 Å². The molecule has 0 spiro atoms. The topological polar surface area (TPSA) is 21.3 Å². The van der Waals surface area contributed by atoms with E-state index in [0.29, 0.717) is 12.1 Å². The molecule has 2 heterocycles. The van der Waals surface area contributed by atoms with Crippen LogP contribution in [0.3, 0.4) is 0 Å². The largest absolute Gasteiger partial charge is 0.377 e. The minimum absolute atomic E-state index is 0.381. The van der Waals surface area contributed by atoms with Crippen LogP contribution in [0.1, 0.15) is 35.1 Å². The maximum atomic E-state index is 5.56. The van der Waals surface area contributed by atoms with Crippen molar-refractivity contribution in [1.29, 1.82) is 0 Å². The molecule has 0 amide bonds. The zero-order chi connectivity index (χ0) is 11.0. The normalized spacial score (nSPS) is 28.6. The number of hydrogen-bond donors (Lipinski definition) is 1. The number of fused-ring (bicyclic) bond motifs is 1. The molecule has 88 valence electrons. The van der Waals surface area contributed by atoms with Crippen LogP contribution < -0.4 is 5.32 Å². The highest BCUT2D eigenvalue weighted by Crippen LogP contribution is 2.30. The molecule has 2 atom stereocenters. The molecule has 3 rings (SSSR count). The van der Waals surface area contributed by atoms with E-state index in [2.05, 4.69) is 18.3 Å². The van der Waals surface area contributed by atoms with Crippen LogP contribution in [0.4, 0.5) is 0 Å². The number of aryl methyl sites for hydroxylation is 2. The van der Waals surface area contributed by atoms with E-state index in [1.807, 2.05) is 11.3 Å². The van der Waals surface area contributed by atoms with E-state index in [1.54, 1.807) is 10.4 Å². The summed E-state index contributed by atoms with van der Waals surface area (Å²) in [5.41, 5.74) is 1.61. The van der Waals surface area contributed by atoms with Crippen molar-refractivity contribution in [1.82, 2.24) is 5.32 Å². The fourth-order valence-electron chi connectivity index (χ4n) is 2.71. The highest BCUT2D eigenvalue weighted by Gasteiger charge is 2.23. The highest BCUT2D eigenvalue weighted by atomic mass is 32.1. The van der Waals surface area contributed by atoms with Crippen LogP contribution >= 0.6 is 11.3 Å². The summed E-state index contributed by atoms with van der Waals surface area (Å²) in [6.07, 6.45) is 5.51. The van der Waals surface area contributed by atoms with Crippen molar-refractivity contribution in [3.8, 4) is 0 Å². The van der Waals surface area contributed by atoms with E-state index in [1.165, 1.54) is 24.1 Å². The Balaban J connectivity index is 1.58.